The third kappa shape index (κ3) is 1.86. The summed E-state index contributed by atoms with van der Waals surface area (Å²) in [4.78, 5) is 1.23. The minimum atomic E-state index is 0.706. The summed E-state index contributed by atoms with van der Waals surface area (Å²) in [5.41, 5.74) is 2.23. The maximum Gasteiger partial charge on any atom is 0.0727 e. The Labute approximate surface area is 82.7 Å². The van der Waals surface area contributed by atoms with Crippen molar-refractivity contribution in [1.29, 1.82) is 0 Å². The Bertz CT molecular complexity index is 312. The van der Waals surface area contributed by atoms with Crippen LogP contribution in [-0.4, -0.2) is 13.1 Å². The van der Waals surface area contributed by atoms with E-state index in [1.54, 1.807) is 11.3 Å². The lowest BCUT2D eigenvalue weighted by molar-refractivity contribution is 1.13. The molecular formula is C10H14N2S. The van der Waals surface area contributed by atoms with Crippen LogP contribution in [0.25, 0.3) is 5.70 Å². The van der Waals surface area contributed by atoms with Crippen LogP contribution in [0.2, 0.25) is 0 Å². The smallest absolute Gasteiger partial charge is 0.0727 e. The predicted molar refractivity (Wildman–Crippen MR) is 59.1 cm³/mol. The lowest BCUT2D eigenvalue weighted by atomic mass is 10.3. The average molecular weight is 194 g/mol. The van der Waals surface area contributed by atoms with E-state index in [0.29, 0.717) is 6.04 Å². The minimum Gasteiger partial charge on any atom is -0.387 e. The minimum absolute atomic E-state index is 0.706. The Hall–Kier alpha value is -0.960. The lowest BCUT2D eigenvalue weighted by Crippen LogP contribution is -2.06. The normalized spacial score (nSPS) is 15.5. The molecule has 0 aliphatic heterocycles. The van der Waals surface area contributed by atoms with Crippen LogP contribution in [0.5, 0.6) is 0 Å². The third-order valence-corrected chi connectivity index (χ3v) is 3.15. The molecule has 0 atom stereocenters. The monoisotopic (exact) mass is 194 g/mol. The number of rotatable bonds is 4. The van der Waals surface area contributed by atoms with Gasteiger partial charge >= 0.3 is 0 Å². The van der Waals surface area contributed by atoms with E-state index in [-0.39, 0.29) is 0 Å². The number of anilines is 1. The predicted octanol–water partition coefficient (Wildman–Crippen LogP) is 2.51. The van der Waals surface area contributed by atoms with Crippen LogP contribution in [0, 0.1) is 0 Å². The molecule has 0 unspecified atom stereocenters. The van der Waals surface area contributed by atoms with E-state index in [2.05, 4.69) is 28.7 Å². The summed E-state index contributed by atoms with van der Waals surface area (Å²) in [6.45, 7) is 3.96. The zero-order valence-corrected chi connectivity index (χ0v) is 8.58. The molecule has 2 rings (SSSR count). The summed E-state index contributed by atoms with van der Waals surface area (Å²) in [7, 11) is 1.91. The number of hydrogen-bond acceptors (Lipinski definition) is 3. The highest BCUT2D eigenvalue weighted by Crippen LogP contribution is 2.32. The van der Waals surface area contributed by atoms with E-state index >= 15 is 0 Å². The summed E-state index contributed by atoms with van der Waals surface area (Å²) in [5, 5.41) is 8.67. The fourth-order valence-electron chi connectivity index (χ4n) is 1.22. The van der Waals surface area contributed by atoms with E-state index in [1.165, 1.54) is 23.4 Å². The Morgan fingerprint density at radius 2 is 2.38 bits per heavy atom. The van der Waals surface area contributed by atoms with Crippen molar-refractivity contribution in [3.8, 4) is 0 Å². The number of hydrogen-bond donors (Lipinski definition) is 2. The van der Waals surface area contributed by atoms with E-state index in [4.69, 9.17) is 0 Å². The molecule has 1 fully saturated rings. The summed E-state index contributed by atoms with van der Waals surface area (Å²) in [6, 6.07) is 2.83. The second kappa shape index (κ2) is 3.42. The topological polar surface area (TPSA) is 24.1 Å². The Morgan fingerprint density at radius 3 is 3.00 bits per heavy atom. The van der Waals surface area contributed by atoms with Gasteiger partial charge in [-0.15, -0.1) is 11.3 Å². The van der Waals surface area contributed by atoms with Gasteiger partial charge in [-0.1, -0.05) is 6.58 Å². The molecule has 0 aromatic carbocycles. The largest absolute Gasteiger partial charge is 0.387 e. The van der Waals surface area contributed by atoms with Gasteiger partial charge in [-0.05, 0) is 24.3 Å². The highest BCUT2D eigenvalue weighted by Gasteiger charge is 2.22. The molecule has 0 saturated heterocycles. The second-order valence-corrected chi connectivity index (χ2v) is 4.23. The first-order chi connectivity index (χ1) is 6.31. The summed E-state index contributed by atoms with van der Waals surface area (Å²) in [6.07, 6.45) is 2.61. The zero-order chi connectivity index (χ0) is 9.26. The van der Waals surface area contributed by atoms with Gasteiger partial charge in [0.15, 0.2) is 0 Å². The molecule has 2 N–H and O–H groups in total. The molecule has 0 spiro atoms. The molecule has 1 saturated carbocycles. The molecule has 0 amide bonds. The van der Waals surface area contributed by atoms with E-state index in [1.807, 2.05) is 7.05 Å². The first-order valence-corrected chi connectivity index (χ1v) is 5.40. The van der Waals surface area contributed by atoms with Crippen molar-refractivity contribution >= 4 is 22.7 Å². The van der Waals surface area contributed by atoms with Crippen molar-refractivity contribution in [2.45, 2.75) is 18.9 Å². The molecule has 2 nitrogen and oxygen atoms in total. The molecular weight excluding hydrogens is 180 g/mol. The van der Waals surface area contributed by atoms with Gasteiger partial charge in [0.25, 0.3) is 0 Å². The molecule has 70 valence electrons. The third-order valence-electron chi connectivity index (χ3n) is 2.18. The standard InChI is InChI=1S/C10H14N2S/c1-7(11-2)10-9(5-6-13-10)12-8-3-4-8/h5-6,8,11-12H,1,3-4H2,2H3. The van der Waals surface area contributed by atoms with Crippen LogP contribution in [0.1, 0.15) is 17.7 Å². The van der Waals surface area contributed by atoms with Crippen LogP contribution >= 0.6 is 11.3 Å². The molecule has 1 aromatic heterocycles. The van der Waals surface area contributed by atoms with Gasteiger partial charge in [-0.25, -0.2) is 0 Å². The summed E-state index contributed by atoms with van der Waals surface area (Å²) >= 11 is 1.73. The molecule has 1 aromatic rings. The van der Waals surface area contributed by atoms with Gasteiger partial charge in [0, 0.05) is 18.8 Å². The van der Waals surface area contributed by atoms with Crippen LogP contribution in [0.3, 0.4) is 0 Å². The SMILES string of the molecule is C=C(NC)c1sccc1NC1CC1. The first-order valence-electron chi connectivity index (χ1n) is 4.52. The quantitative estimate of drug-likeness (QED) is 0.769. The highest BCUT2D eigenvalue weighted by molar-refractivity contribution is 7.11. The fourth-order valence-corrected chi connectivity index (χ4v) is 2.06. The van der Waals surface area contributed by atoms with Gasteiger partial charge < -0.3 is 10.6 Å². The van der Waals surface area contributed by atoms with Gasteiger partial charge in [-0.2, -0.15) is 0 Å². The van der Waals surface area contributed by atoms with Gasteiger partial charge in [0.05, 0.1) is 10.6 Å². The van der Waals surface area contributed by atoms with Crippen LogP contribution in [0.15, 0.2) is 18.0 Å². The average Bonchev–Trinajstić information content (AvgIpc) is 2.82. The van der Waals surface area contributed by atoms with Crippen molar-refractivity contribution < 1.29 is 0 Å². The van der Waals surface area contributed by atoms with Crippen LogP contribution < -0.4 is 10.6 Å². The molecule has 13 heavy (non-hydrogen) atoms. The lowest BCUT2D eigenvalue weighted by Gasteiger charge is -2.07. The van der Waals surface area contributed by atoms with Crippen LogP contribution in [-0.2, 0) is 0 Å². The maximum atomic E-state index is 3.96. The van der Waals surface area contributed by atoms with Gasteiger partial charge in [-0.3, -0.25) is 0 Å². The van der Waals surface area contributed by atoms with Crippen LogP contribution in [0.4, 0.5) is 5.69 Å². The number of thiophene rings is 1. The molecule has 0 bridgehead atoms. The maximum absolute atomic E-state index is 3.96. The molecule has 0 radical (unpaired) electrons. The van der Waals surface area contributed by atoms with Crippen molar-refractivity contribution in [1.82, 2.24) is 5.32 Å². The highest BCUT2D eigenvalue weighted by atomic mass is 32.1. The summed E-state index contributed by atoms with van der Waals surface area (Å²) < 4.78 is 0. The second-order valence-electron chi connectivity index (χ2n) is 3.31. The van der Waals surface area contributed by atoms with Crippen molar-refractivity contribution in [3.05, 3.63) is 22.9 Å². The molecule has 1 heterocycles. The van der Waals surface area contributed by atoms with E-state index in [9.17, 15) is 0 Å². The van der Waals surface area contributed by atoms with Crippen molar-refractivity contribution in [3.63, 3.8) is 0 Å². The fraction of sp³-hybridized carbons (Fsp3) is 0.400. The Morgan fingerprint density at radius 1 is 1.62 bits per heavy atom. The Balaban J connectivity index is 2.14. The zero-order valence-electron chi connectivity index (χ0n) is 7.76. The van der Waals surface area contributed by atoms with Crippen molar-refractivity contribution in [2.75, 3.05) is 12.4 Å². The van der Waals surface area contributed by atoms with Crippen molar-refractivity contribution in [2.24, 2.45) is 0 Å². The first kappa shape index (κ1) is 8.63. The van der Waals surface area contributed by atoms with Gasteiger partial charge in [0.2, 0.25) is 0 Å². The molecule has 1 aliphatic rings. The number of nitrogens with one attached hydrogen (secondary N) is 2. The Kier molecular flexibility index (Phi) is 2.27. The molecule has 1 aliphatic carbocycles. The summed E-state index contributed by atoms with van der Waals surface area (Å²) in [5.74, 6) is 0. The van der Waals surface area contributed by atoms with E-state index < -0.39 is 0 Å². The molecule has 3 heteroatoms. The van der Waals surface area contributed by atoms with E-state index in [0.717, 1.165) is 5.70 Å². The van der Waals surface area contributed by atoms with Gasteiger partial charge in [0.1, 0.15) is 0 Å².